The maximum atomic E-state index is 12.0. The Balaban J connectivity index is 2.00. The zero-order chi connectivity index (χ0) is 18.3. The number of nitrogens with one attached hydrogen (secondary N) is 1. The number of amides is 1. The Kier molecular flexibility index (Phi) is 6.02. The molecule has 1 amide bonds. The molecule has 0 aliphatic rings. The average molecular weight is 338 g/mol. The van der Waals surface area contributed by atoms with E-state index < -0.39 is 11.7 Å². The highest BCUT2D eigenvalue weighted by atomic mass is 16.6. The summed E-state index contributed by atoms with van der Waals surface area (Å²) in [6.07, 6.45) is -0.121. The predicted octanol–water partition coefficient (Wildman–Crippen LogP) is 4.68. The molecular formula is C20H22N2O3. The number of ether oxygens (including phenoxy) is 2. The first-order valence-electron chi connectivity index (χ1n) is 8.04. The number of carbonyl (C=O) groups excluding carboxylic acids is 1. The minimum atomic E-state index is -0.555. The number of rotatable bonds is 5. The van der Waals surface area contributed by atoms with Gasteiger partial charge in [-0.15, -0.1) is 0 Å². The van der Waals surface area contributed by atoms with E-state index in [2.05, 4.69) is 11.4 Å². The standard InChI is InChI=1S/C20H22N2O3/c1-20(2,3)25-19(23)22-18-7-5-4-6-16(18)14-24-17-10-8-15(9-11-17)12-13-21/h4-11H,12,14H2,1-3H3,(H,22,23). The van der Waals surface area contributed by atoms with Crippen molar-refractivity contribution in [1.82, 2.24) is 0 Å². The molecule has 0 bridgehead atoms. The Morgan fingerprint density at radius 1 is 1.12 bits per heavy atom. The maximum Gasteiger partial charge on any atom is 0.412 e. The van der Waals surface area contributed by atoms with Gasteiger partial charge in [0.15, 0.2) is 0 Å². The zero-order valence-electron chi connectivity index (χ0n) is 14.7. The van der Waals surface area contributed by atoms with Crippen molar-refractivity contribution in [3.63, 3.8) is 0 Å². The van der Waals surface area contributed by atoms with Crippen LogP contribution >= 0.6 is 0 Å². The van der Waals surface area contributed by atoms with Crippen LogP contribution in [0, 0.1) is 11.3 Å². The summed E-state index contributed by atoms with van der Waals surface area (Å²) in [5.41, 5.74) is 1.88. The fourth-order valence-electron chi connectivity index (χ4n) is 2.14. The lowest BCUT2D eigenvalue weighted by Gasteiger charge is -2.20. The summed E-state index contributed by atoms with van der Waals surface area (Å²) >= 11 is 0. The van der Waals surface area contributed by atoms with E-state index in [0.717, 1.165) is 11.1 Å². The van der Waals surface area contributed by atoms with Crippen molar-refractivity contribution in [1.29, 1.82) is 5.26 Å². The molecule has 0 heterocycles. The van der Waals surface area contributed by atoms with Crippen molar-refractivity contribution in [3.05, 3.63) is 59.7 Å². The van der Waals surface area contributed by atoms with Gasteiger partial charge in [-0.1, -0.05) is 30.3 Å². The Labute approximate surface area is 148 Å². The highest BCUT2D eigenvalue weighted by Crippen LogP contribution is 2.20. The van der Waals surface area contributed by atoms with Crippen LogP contribution in [0.1, 0.15) is 31.9 Å². The minimum Gasteiger partial charge on any atom is -0.489 e. The lowest BCUT2D eigenvalue weighted by atomic mass is 10.1. The quantitative estimate of drug-likeness (QED) is 0.859. The first-order chi connectivity index (χ1) is 11.9. The molecule has 2 aromatic rings. The third kappa shape index (κ3) is 6.19. The molecule has 25 heavy (non-hydrogen) atoms. The van der Waals surface area contributed by atoms with Gasteiger partial charge in [-0.25, -0.2) is 4.79 Å². The van der Waals surface area contributed by atoms with Crippen molar-refractivity contribution in [2.45, 2.75) is 39.4 Å². The van der Waals surface area contributed by atoms with Gasteiger partial charge in [0, 0.05) is 5.56 Å². The highest BCUT2D eigenvalue weighted by Gasteiger charge is 2.17. The molecule has 0 fully saturated rings. The van der Waals surface area contributed by atoms with E-state index in [-0.39, 0.29) is 0 Å². The maximum absolute atomic E-state index is 12.0. The highest BCUT2D eigenvalue weighted by molar-refractivity contribution is 5.85. The van der Waals surface area contributed by atoms with Crippen LogP contribution < -0.4 is 10.1 Å². The first kappa shape index (κ1) is 18.3. The molecule has 0 radical (unpaired) electrons. The number of anilines is 1. The third-order valence-corrected chi connectivity index (χ3v) is 3.25. The number of benzene rings is 2. The number of hydrogen-bond donors (Lipinski definition) is 1. The van der Waals surface area contributed by atoms with Crippen LogP contribution in [0.2, 0.25) is 0 Å². The molecule has 0 unspecified atom stereocenters. The molecule has 5 nitrogen and oxygen atoms in total. The minimum absolute atomic E-state index is 0.309. The van der Waals surface area contributed by atoms with Gasteiger partial charge >= 0.3 is 6.09 Å². The Hall–Kier alpha value is -3.00. The Morgan fingerprint density at radius 2 is 1.80 bits per heavy atom. The second kappa shape index (κ2) is 8.20. The largest absolute Gasteiger partial charge is 0.489 e. The van der Waals surface area contributed by atoms with Crippen molar-refractivity contribution in [2.24, 2.45) is 0 Å². The second-order valence-electron chi connectivity index (χ2n) is 6.55. The predicted molar refractivity (Wildman–Crippen MR) is 96.4 cm³/mol. The molecule has 0 aliphatic heterocycles. The molecule has 0 saturated heterocycles. The van der Waals surface area contributed by atoms with E-state index in [1.165, 1.54) is 0 Å². The first-order valence-corrected chi connectivity index (χ1v) is 8.04. The number of carbonyl (C=O) groups is 1. The summed E-state index contributed by atoms with van der Waals surface area (Å²) in [4.78, 5) is 12.0. The molecule has 1 N–H and O–H groups in total. The van der Waals surface area contributed by atoms with Gasteiger partial charge in [-0.05, 0) is 44.5 Å². The lowest BCUT2D eigenvalue weighted by molar-refractivity contribution is 0.0635. The summed E-state index contributed by atoms with van der Waals surface area (Å²) in [7, 11) is 0. The van der Waals surface area contributed by atoms with Crippen LogP contribution in [0.15, 0.2) is 48.5 Å². The van der Waals surface area contributed by atoms with Crippen molar-refractivity contribution < 1.29 is 14.3 Å². The zero-order valence-corrected chi connectivity index (χ0v) is 14.7. The molecule has 2 aromatic carbocycles. The lowest BCUT2D eigenvalue weighted by Crippen LogP contribution is -2.27. The monoisotopic (exact) mass is 338 g/mol. The molecule has 0 saturated carbocycles. The number of nitriles is 1. The smallest absolute Gasteiger partial charge is 0.412 e. The number of nitrogens with zero attached hydrogens (tertiary/aromatic N) is 1. The van der Waals surface area contributed by atoms with Gasteiger partial charge in [-0.2, -0.15) is 5.26 Å². The molecule has 2 rings (SSSR count). The molecule has 5 heteroatoms. The average Bonchev–Trinajstić information content (AvgIpc) is 2.54. The normalized spacial score (nSPS) is 10.6. The topological polar surface area (TPSA) is 71.3 Å². The van der Waals surface area contributed by atoms with Crippen molar-refractivity contribution in [3.8, 4) is 11.8 Å². The molecule has 0 atom stereocenters. The molecule has 130 valence electrons. The Morgan fingerprint density at radius 3 is 2.44 bits per heavy atom. The van der Waals surface area contributed by atoms with E-state index >= 15 is 0 Å². The molecule has 0 spiro atoms. The van der Waals surface area contributed by atoms with Gasteiger partial charge in [0.2, 0.25) is 0 Å². The van der Waals surface area contributed by atoms with E-state index in [4.69, 9.17) is 14.7 Å². The summed E-state index contributed by atoms with van der Waals surface area (Å²) in [6.45, 7) is 5.76. The fourth-order valence-corrected chi connectivity index (χ4v) is 2.14. The molecule has 0 aromatic heterocycles. The Bertz CT molecular complexity index is 756. The summed E-state index contributed by atoms with van der Waals surface area (Å²) < 4.78 is 11.1. The van der Waals surface area contributed by atoms with Crippen molar-refractivity contribution >= 4 is 11.8 Å². The summed E-state index contributed by atoms with van der Waals surface area (Å²) in [5, 5.41) is 11.4. The van der Waals surface area contributed by atoms with Crippen LogP contribution in [-0.4, -0.2) is 11.7 Å². The van der Waals surface area contributed by atoms with Crippen LogP contribution in [-0.2, 0) is 17.8 Å². The van der Waals surface area contributed by atoms with Gasteiger partial charge in [0.1, 0.15) is 18.0 Å². The molecule has 0 aliphatic carbocycles. The van der Waals surface area contributed by atoms with Gasteiger partial charge in [-0.3, -0.25) is 5.32 Å². The van der Waals surface area contributed by atoms with Crippen LogP contribution in [0.4, 0.5) is 10.5 Å². The summed E-state index contributed by atoms with van der Waals surface area (Å²) in [6, 6.07) is 16.9. The van der Waals surface area contributed by atoms with Crippen LogP contribution in [0.3, 0.4) is 0 Å². The second-order valence-corrected chi connectivity index (χ2v) is 6.55. The van der Waals surface area contributed by atoms with E-state index in [1.807, 2.05) is 63.2 Å². The van der Waals surface area contributed by atoms with Crippen LogP contribution in [0.25, 0.3) is 0 Å². The summed E-state index contributed by atoms with van der Waals surface area (Å²) in [5.74, 6) is 0.703. The van der Waals surface area contributed by atoms with E-state index in [9.17, 15) is 4.79 Å². The fraction of sp³-hybridized carbons (Fsp3) is 0.300. The number of hydrogen-bond acceptors (Lipinski definition) is 4. The van der Waals surface area contributed by atoms with Crippen molar-refractivity contribution in [2.75, 3.05) is 5.32 Å². The van der Waals surface area contributed by atoms with E-state index in [1.54, 1.807) is 6.07 Å². The van der Waals surface area contributed by atoms with Gasteiger partial charge in [0.05, 0.1) is 18.2 Å². The van der Waals surface area contributed by atoms with Crippen LogP contribution in [0.5, 0.6) is 5.75 Å². The van der Waals surface area contributed by atoms with Gasteiger partial charge < -0.3 is 9.47 Å². The molecular weight excluding hydrogens is 316 g/mol. The van der Waals surface area contributed by atoms with E-state index in [0.29, 0.717) is 24.5 Å². The third-order valence-electron chi connectivity index (χ3n) is 3.25. The SMILES string of the molecule is CC(C)(C)OC(=O)Nc1ccccc1COc1ccc(CC#N)cc1. The van der Waals surface area contributed by atoms with Gasteiger partial charge in [0.25, 0.3) is 0 Å². The number of para-hydroxylation sites is 1.